The number of nitrogens with one attached hydrogen (secondary N) is 1. The predicted octanol–water partition coefficient (Wildman–Crippen LogP) is 2.18. The lowest BCUT2D eigenvalue weighted by molar-refractivity contribution is -0.138. The summed E-state index contributed by atoms with van der Waals surface area (Å²) < 4.78 is 0. The Morgan fingerprint density at radius 2 is 2.29 bits per heavy atom. The van der Waals surface area contributed by atoms with Crippen molar-refractivity contribution in [2.75, 3.05) is 0 Å². The Morgan fingerprint density at radius 1 is 1.53 bits per heavy atom. The lowest BCUT2D eigenvalue weighted by atomic mass is 9.84. The fourth-order valence-electron chi connectivity index (χ4n) is 1.85. The molecule has 1 unspecified atom stereocenters. The Bertz CT molecular complexity index is 398. The molecule has 92 valence electrons. The lowest BCUT2D eigenvalue weighted by Gasteiger charge is -2.26. The molecule has 0 bridgehead atoms. The minimum absolute atomic E-state index is 0.00380. The maximum atomic E-state index is 11.8. The van der Waals surface area contributed by atoms with Gasteiger partial charge in [0.05, 0.1) is 12.5 Å². The molecule has 1 fully saturated rings. The highest BCUT2D eigenvalue weighted by Gasteiger charge is 2.28. The van der Waals surface area contributed by atoms with Crippen molar-refractivity contribution in [1.29, 1.82) is 0 Å². The molecule has 2 N–H and O–H groups in total. The molecule has 0 radical (unpaired) electrons. The lowest BCUT2D eigenvalue weighted by Crippen LogP contribution is -2.37. The zero-order valence-electron chi connectivity index (χ0n) is 9.39. The van der Waals surface area contributed by atoms with Gasteiger partial charge in [-0.25, -0.2) is 0 Å². The van der Waals surface area contributed by atoms with E-state index in [1.54, 1.807) is 0 Å². The highest BCUT2D eigenvalue weighted by molar-refractivity contribution is 7.10. The third-order valence-electron chi connectivity index (χ3n) is 3.06. The molecule has 0 saturated heterocycles. The van der Waals surface area contributed by atoms with Crippen LogP contribution in [-0.4, -0.2) is 17.0 Å². The van der Waals surface area contributed by atoms with Crippen LogP contribution < -0.4 is 5.32 Å². The summed E-state index contributed by atoms with van der Waals surface area (Å²) in [5.41, 5.74) is 0. The van der Waals surface area contributed by atoms with Gasteiger partial charge in [0.2, 0.25) is 5.91 Å². The Kier molecular flexibility index (Phi) is 3.78. The van der Waals surface area contributed by atoms with Gasteiger partial charge in [-0.1, -0.05) is 12.5 Å². The maximum Gasteiger partial charge on any atom is 0.305 e. The van der Waals surface area contributed by atoms with Crippen LogP contribution in [0.1, 0.15) is 36.6 Å². The molecule has 1 atom stereocenters. The van der Waals surface area contributed by atoms with E-state index in [0.29, 0.717) is 0 Å². The first-order valence-electron chi connectivity index (χ1n) is 5.72. The molecule has 4 nitrogen and oxygen atoms in total. The SMILES string of the molecule is O=C(O)CC(NC(=O)C1CCC1)c1cccs1. The van der Waals surface area contributed by atoms with Crippen LogP contribution in [0.15, 0.2) is 17.5 Å². The van der Waals surface area contributed by atoms with Crippen LogP contribution in [-0.2, 0) is 9.59 Å². The molecular weight excluding hydrogens is 238 g/mol. The zero-order valence-corrected chi connectivity index (χ0v) is 10.2. The molecule has 1 heterocycles. The van der Waals surface area contributed by atoms with E-state index in [0.717, 1.165) is 24.1 Å². The smallest absolute Gasteiger partial charge is 0.305 e. The van der Waals surface area contributed by atoms with Gasteiger partial charge >= 0.3 is 5.97 Å². The molecule has 1 aromatic heterocycles. The summed E-state index contributed by atoms with van der Waals surface area (Å²) in [6.07, 6.45) is 2.89. The van der Waals surface area contributed by atoms with Gasteiger partial charge < -0.3 is 10.4 Å². The van der Waals surface area contributed by atoms with Crippen molar-refractivity contribution in [2.24, 2.45) is 5.92 Å². The van der Waals surface area contributed by atoms with Crippen LogP contribution in [0.4, 0.5) is 0 Å². The molecule has 17 heavy (non-hydrogen) atoms. The van der Waals surface area contributed by atoms with Gasteiger partial charge in [-0.2, -0.15) is 0 Å². The van der Waals surface area contributed by atoms with Gasteiger partial charge in [-0.15, -0.1) is 11.3 Å². The van der Waals surface area contributed by atoms with E-state index in [1.807, 2.05) is 17.5 Å². The quantitative estimate of drug-likeness (QED) is 0.845. The third kappa shape index (κ3) is 3.06. The number of hydrogen-bond donors (Lipinski definition) is 2. The van der Waals surface area contributed by atoms with Crippen molar-refractivity contribution in [3.05, 3.63) is 22.4 Å². The Morgan fingerprint density at radius 3 is 2.76 bits per heavy atom. The monoisotopic (exact) mass is 253 g/mol. The summed E-state index contributed by atoms with van der Waals surface area (Å²) in [6, 6.07) is 3.34. The van der Waals surface area contributed by atoms with Crippen LogP contribution in [0, 0.1) is 5.92 Å². The van der Waals surface area contributed by atoms with Gasteiger partial charge in [0.15, 0.2) is 0 Å². The van der Waals surface area contributed by atoms with Gasteiger partial charge in [0, 0.05) is 10.8 Å². The minimum atomic E-state index is -0.891. The second-order valence-electron chi connectivity index (χ2n) is 4.30. The second-order valence-corrected chi connectivity index (χ2v) is 5.28. The summed E-state index contributed by atoms with van der Waals surface area (Å²) >= 11 is 1.47. The molecule has 1 saturated carbocycles. The summed E-state index contributed by atoms with van der Waals surface area (Å²) in [5, 5.41) is 13.6. The molecule has 1 aromatic rings. The van der Waals surface area contributed by atoms with Crippen LogP contribution in [0.2, 0.25) is 0 Å². The molecule has 1 aliphatic carbocycles. The van der Waals surface area contributed by atoms with Crippen LogP contribution in [0.3, 0.4) is 0 Å². The number of hydrogen-bond acceptors (Lipinski definition) is 3. The Labute approximate surface area is 104 Å². The molecule has 1 amide bonds. The topological polar surface area (TPSA) is 66.4 Å². The van der Waals surface area contributed by atoms with Crippen molar-refractivity contribution < 1.29 is 14.7 Å². The highest BCUT2D eigenvalue weighted by atomic mass is 32.1. The number of thiophene rings is 1. The number of rotatable bonds is 5. The van der Waals surface area contributed by atoms with Gasteiger partial charge in [-0.3, -0.25) is 9.59 Å². The first-order chi connectivity index (χ1) is 8.16. The standard InChI is InChI=1S/C12H15NO3S/c14-11(15)7-9(10-5-2-6-17-10)13-12(16)8-3-1-4-8/h2,5-6,8-9H,1,3-4,7H2,(H,13,16)(H,14,15). The molecular formula is C12H15NO3S. The normalized spacial score (nSPS) is 17.2. The van der Waals surface area contributed by atoms with E-state index in [9.17, 15) is 9.59 Å². The summed E-state index contributed by atoms with van der Waals surface area (Å²) in [4.78, 5) is 23.5. The van der Waals surface area contributed by atoms with Crippen molar-refractivity contribution in [3.63, 3.8) is 0 Å². The average Bonchev–Trinajstić information content (AvgIpc) is 2.65. The van der Waals surface area contributed by atoms with Gasteiger partial charge in [0.25, 0.3) is 0 Å². The van der Waals surface area contributed by atoms with Crippen LogP contribution in [0.25, 0.3) is 0 Å². The van der Waals surface area contributed by atoms with Gasteiger partial charge in [0.1, 0.15) is 0 Å². The predicted molar refractivity (Wildman–Crippen MR) is 64.8 cm³/mol. The van der Waals surface area contributed by atoms with E-state index >= 15 is 0 Å². The number of carboxylic acids is 1. The van der Waals surface area contributed by atoms with Crippen molar-refractivity contribution >= 4 is 23.2 Å². The average molecular weight is 253 g/mol. The van der Waals surface area contributed by atoms with E-state index in [2.05, 4.69) is 5.32 Å². The number of amides is 1. The number of carbonyl (C=O) groups excluding carboxylic acids is 1. The minimum Gasteiger partial charge on any atom is -0.481 e. The van der Waals surface area contributed by atoms with E-state index < -0.39 is 5.97 Å². The molecule has 1 aliphatic rings. The number of carbonyl (C=O) groups is 2. The highest BCUT2D eigenvalue weighted by Crippen LogP contribution is 2.28. The first kappa shape index (κ1) is 12.1. The van der Waals surface area contributed by atoms with Crippen LogP contribution in [0.5, 0.6) is 0 Å². The Hall–Kier alpha value is -1.36. The fourth-order valence-corrected chi connectivity index (χ4v) is 2.62. The molecule has 0 aliphatic heterocycles. The summed E-state index contributed by atoms with van der Waals surface area (Å²) in [7, 11) is 0. The van der Waals surface area contributed by atoms with Crippen molar-refractivity contribution in [3.8, 4) is 0 Å². The van der Waals surface area contributed by atoms with E-state index in [4.69, 9.17) is 5.11 Å². The molecule has 5 heteroatoms. The zero-order chi connectivity index (χ0) is 12.3. The van der Waals surface area contributed by atoms with Crippen molar-refractivity contribution in [2.45, 2.75) is 31.7 Å². The molecule has 0 spiro atoms. The summed E-state index contributed by atoms with van der Waals surface area (Å²) in [5.74, 6) is -0.806. The van der Waals surface area contributed by atoms with E-state index in [1.165, 1.54) is 11.3 Å². The van der Waals surface area contributed by atoms with Crippen LogP contribution >= 0.6 is 11.3 Å². The maximum absolute atomic E-state index is 11.8. The Balaban J connectivity index is 2.00. The fraction of sp³-hybridized carbons (Fsp3) is 0.500. The largest absolute Gasteiger partial charge is 0.481 e. The summed E-state index contributed by atoms with van der Waals surface area (Å²) in [6.45, 7) is 0. The second kappa shape index (κ2) is 5.31. The number of aliphatic carboxylic acids is 1. The first-order valence-corrected chi connectivity index (χ1v) is 6.60. The molecule has 0 aromatic carbocycles. The van der Waals surface area contributed by atoms with Gasteiger partial charge in [-0.05, 0) is 24.3 Å². The molecule has 2 rings (SSSR count). The van der Waals surface area contributed by atoms with Crippen molar-refractivity contribution in [1.82, 2.24) is 5.32 Å². The third-order valence-corrected chi connectivity index (χ3v) is 4.04. The number of carboxylic acid groups (broad SMARTS) is 1. The van der Waals surface area contributed by atoms with E-state index in [-0.39, 0.29) is 24.3 Å².